The smallest absolute Gasteiger partial charge is 0.348 e. The van der Waals surface area contributed by atoms with Crippen molar-refractivity contribution >= 4 is 21.8 Å². The number of hydrogen-bond acceptors (Lipinski definition) is 3. The molecule has 0 saturated heterocycles. The van der Waals surface area contributed by atoms with Crippen LogP contribution in [0.1, 0.15) is 12.1 Å². The van der Waals surface area contributed by atoms with E-state index in [4.69, 9.17) is 5.53 Å². The summed E-state index contributed by atoms with van der Waals surface area (Å²) in [5.74, 6) is 0.860. The number of para-hydroxylation sites is 2. The molecule has 9 nitrogen and oxygen atoms in total. The molecule has 0 aliphatic carbocycles. The maximum atomic E-state index is 13.1. The first kappa shape index (κ1) is 19.5. The van der Waals surface area contributed by atoms with Gasteiger partial charge in [-0.05, 0) is 36.4 Å². The highest BCUT2D eigenvalue weighted by atomic mass is 16.1. The minimum Gasteiger partial charge on any atom is -0.348 e. The first-order chi connectivity index (χ1) is 16.2. The Hall–Kier alpha value is -4.23. The number of aromatic nitrogens is 5. The molecule has 1 atom stereocenters. The van der Waals surface area contributed by atoms with Crippen molar-refractivity contribution in [1.82, 2.24) is 23.9 Å². The molecule has 1 aliphatic rings. The van der Waals surface area contributed by atoms with Crippen LogP contribution in [0.3, 0.4) is 0 Å². The van der Waals surface area contributed by atoms with Gasteiger partial charge in [0.25, 0.3) is 0 Å². The third-order valence-electron chi connectivity index (χ3n) is 6.74. The monoisotopic (exact) mass is 438 g/mol. The maximum Gasteiger partial charge on any atom is 0.348 e. The molecule has 4 heterocycles. The molecule has 5 aromatic rings. The van der Waals surface area contributed by atoms with Gasteiger partial charge in [0.2, 0.25) is 0 Å². The van der Waals surface area contributed by atoms with Crippen LogP contribution in [0, 0.1) is 5.92 Å². The Labute approximate surface area is 188 Å². The second-order valence-electron chi connectivity index (χ2n) is 8.59. The van der Waals surface area contributed by atoms with Crippen LogP contribution in [0.25, 0.3) is 49.3 Å². The molecule has 1 unspecified atom stereocenters. The van der Waals surface area contributed by atoms with Gasteiger partial charge in [-0.1, -0.05) is 41.5 Å². The Kier molecular flexibility index (Phi) is 4.38. The second-order valence-corrected chi connectivity index (χ2v) is 8.59. The Balaban J connectivity index is 1.62. The number of azide groups is 1. The summed E-state index contributed by atoms with van der Waals surface area (Å²) in [6.07, 6.45) is 3.68. The molecule has 0 saturated carbocycles. The van der Waals surface area contributed by atoms with Gasteiger partial charge in [0, 0.05) is 64.3 Å². The Morgan fingerprint density at radius 3 is 2.73 bits per heavy atom. The zero-order chi connectivity index (χ0) is 22.5. The van der Waals surface area contributed by atoms with Crippen molar-refractivity contribution < 1.29 is 0 Å². The molecule has 33 heavy (non-hydrogen) atoms. The van der Waals surface area contributed by atoms with Crippen molar-refractivity contribution in [3.63, 3.8) is 0 Å². The molecule has 2 aromatic carbocycles. The van der Waals surface area contributed by atoms with Crippen LogP contribution in [0.2, 0.25) is 0 Å². The van der Waals surface area contributed by atoms with Gasteiger partial charge in [-0.3, -0.25) is 0 Å². The predicted molar refractivity (Wildman–Crippen MR) is 127 cm³/mol. The molecule has 0 bridgehead atoms. The van der Waals surface area contributed by atoms with Crippen LogP contribution < -0.4 is 5.69 Å². The molecule has 0 radical (unpaired) electrons. The van der Waals surface area contributed by atoms with Gasteiger partial charge >= 0.3 is 5.69 Å². The standard InChI is InChI=1S/C24H22N8O/c1-30-14-21(16-6-2-4-8-18(16)30)32-23(27-28-24(32)33)22-17-7-3-5-9-19(17)31-11-10-15(12-20(22)31)13-26-29-25/h2-9,14-15H,10-13H2,1H3,(H,28,33). The van der Waals surface area contributed by atoms with Gasteiger partial charge in [-0.25, -0.2) is 14.5 Å². The zero-order valence-electron chi connectivity index (χ0n) is 18.1. The Bertz CT molecular complexity index is 1630. The normalized spacial score (nSPS) is 15.6. The van der Waals surface area contributed by atoms with E-state index >= 15 is 0 Å². The largest absolute Gasteiger partial charge is 0.348 e. The van der Waals surface area contributed by atoms with E-state index < -0.39 is 0 Å². The molecule has 164 valence electrons. The lowest BCUT2D eigenvalue weighted by Crippen LogP contribution is -2.21. The van der Waals surface area contributed by atoms with Gasteiger partial charge < -0.3 is 9.13 Å². The number of aromatic amines is 1. The fourth-order valence-corrected chi connectivity index (χ4v) is 5.26. The van der Waals surface area contributed by atoms with E-state index in [2.05, 4.69) is 36.9 Å². The fraction of sp³-hybridized carbons (Fsp3) is 0.250. The van der Waals surface area contributed by atoms with Crippen LogP contribution in [0.15, 0.2) is 64.6 Å². The molecule has 6 rings (SSSR count). The Morgan fingerprint density at radius 2 is 1.91 bits per heavy atom. The van der Waals surface area contributed by atoms with Crippen LogP contribution in [-0.2, 0) is 20.0 Å². The SMILES string of the molecule is Cn1cc(-n2c(-c3c4n(c5ccccc35)CCC(CN=[N+]=[N-])C4)n[nH]c2=O)c2ccccc21. The number of fused-ring (bicyclic) bond motifs is 4. The maximum absolute atomic E-state index is 13.1. The number of nitrogens with zero attached hydrogens (tertiary/aromatic N) is 7. The van der Waals surface area contributed by atoms with Crippen molar-refractivity contribution in [1.29, 1.82) is 0 Å². The van der Waals surface area contributed by atoms with Crippen LogP contribution in [0.4, 0.5) is 0 Å². The molecule has 1 aliphatic heterocycles. The number of hydrogen-bond donors (Lipinski definition) is 1. The van der Waals surface area contributed by atoms with Crippen molar-refractivity contribution in [2.24, 2.45) is 18.1 Å². The van der Waals surface area contributed by atoms with E-state index in [0.29, 0.717) is 12.4 Å². The average Bonchev–Trinajstić information content (AvgIpc) is 3.48. The van der Waals surface area contributed by atoms with Gasteiger partial charge in [0.1, 0.15) is 0 Å². The summed E-state index contributed by atoms with van der Waals surface area (Å²) >= 11 is 0. The molecule has 3 aromatic heterocycles. The van der Waals surface area contributed by atoms with Crippen molar-refractivity contribution in [3.8, 4) is 17.1 Å². The van der Waals surface area contributed by atoms with Crippen LogP contribution >= 0.6 is 0 Å². The van der Waals surface area contributed by atoms with Gasteiger partial charge in [0.15, 0.2) is 5.82 Å². The summed E-state index contributed by atoms with van der Waals surface area (Å²) in [6, 6.07) is 16.3. The Morgan fingerprint density at radius 1 is 1.15 bits per heavy atom. The third-order valence-corrected chi connectivity index (χ3v) is 6.74. The molecule has 0 fully saturated rings. The van der Waals surface area contributed by atoms with E-state index in [-0.39, 0.29) is 11.6 Å². The zero-order valence-corrected chi connectivity index (χ0v) is 18.1. The summed E-state index contributed by atoms with van der Waals surface area (Å²) in [5.41, 5.74) is 13.6. The lowest BCUT2D eigenvalue weighted by molar-refractivity contribution is 0.402. The summed E-state index contributed by atoms with van der Waals surface area (Å²) < 4.78 is 6.03. The number of benzene rings is 2. The summed E-state index contributed by atoms with van der Waals surface area (Å²) in [4.78, 5) is 16.0. The molecular weight excluding hydrogens is 416 g/mol. The van der Waals surface area contributed by atoms with Crippen LogP contribution in [-0.4, -0.2) is 30.4 Å². The van der Waals surface area contributed by atoms with Crippen molar-refractivity contribution in [3.05, 3.63) is 81.3 Å². The van der Waals surface area contributed by atoms with E-state index in [9.17, 15) is 4.79 Å². The first-order valence-corrected chi connectivity index (χ1v) is 11.0. The molecule has 1 N–H and O–H groups in total. The van der Waals surface area contributed by atoms with E-state index in [1.165, 1.54) is 0 Å². The molecule has 0 amide bonds. The van der Waals surface area contributed by atoms with Crippen LogP contribution in [0.5, 0.6) is 0 Å². The van der Waals surface area contributed by atoms with Gasteiger partial charge in [-0.2, -0.15) is 5.10 Å². The minimum absolute atomic E-state index is 0.258. The number of H-pyrrole nitrogens is 1. The minimum atomic E-state index is -0.271. The quantitative estimate of drug-likeness (QED) is 0.252. The van der Waals surface area contributed by atoms with E-state index in [1.807, 2.05) is 54.2 Å². The lowest BCUT2D eigenvalue weighted by atomic mass is 9.94. The number of rotatable bonds is 4. The lowest BCUT2D eigenvalue weighted by Gasteiger charge is -2.24. The van der Waals surface area contributed by atoms with Crippen molar-refractivity contribution in [2.45, 2.75) is 19.4 Å². The fourth-order valence-electron chi connectivity index (χ4n) is 5.26. The summed E-state index contributed by atoms with van der Waals surface area (Å²) in [6.45, 7) is 1.30. The second kappa shape index (κ2) is 7.43. The molecule has 0 spiro atoms. The number of nitrogens with one attached hydrogen (secondary N) is 1. The van der Waals surface area contributed by atoms with E-state index in [0.717, 1.165) is 58.1 Å². The molecule has 9 heteroatoms. The third kappa shape index (κ3) is 2.90. The highest BCUT2D eigenvalue weighted by Gasteiger charge is 2.29. The topological polar surface area (TPSA) is 109 Å². The predicted octanol–water partition coefficient (Wildman–Crippen LogP) is 4.55. The molecular formula is C24H22N8O. The highest BCUT2D eigenvalue weighted by molar-refractivity contribution is 5.98. The van der Waals surface area contributed by atoms with E-state index in [1.54, 1.807) is 4.57 Å². The summed E-state index contributed by atoms with van der Waals surface area (Å²) in [7, 11) is 1.98. The van der Waals surface area contributed by atoms with Gasteiger partial charge in [0.05, 0.1) is 5.69 Å². The highest BCUT2D eigenvalue weighted by Crippen LogP contribution is 2.39. The summed E-state index contributed by atoms with van der Waals surface area (Å²) in [5, 5.41) is 13.1. The number of aryl methyl sites for hydroxylation is 2. The van der Waals surface area contributed by atoms with Crippen molar-refractivity contribution in [2.75, 3.05) is 6.54 Å². The first-order valence-electron chi connectivity index (χ1n) is 11.0. The van der Waals surface area contributed by atoms with Gasteiger partial charge in [-0.15, -0.1) is 0 Å². The average molecular weight is 438 g/mol.